The van der Waals surface area contributed by atoms with Gasteiger partial charge in [-0.05, 0) is 48.9 Å². The molecule has 0 spiro atoms. The van der Waals surface area contributed by atoms with Crippen LogP contribution in [-0.2, 0) is 10.0 Å². The van der Waals surface area contributed by atoms with Gasteiger partial charge in [0.05, 0.1) is 17.7 Å². The normalized spacial score (nSPS) is 17.1. The van der Waals surface area contributed by atoms with Crippen molar-refractivity contribution in [3.8, 4) is 11.5 Å². The summed E-state index contributed by atoms with van der Waals surface area (Å²) in [5, 5.41) is 3.25. The van der Waals surface area contributed by atoms with Gasteiger partial charge in [-0.25, -0.2) is 8.42 Å². The van der Waals surface area contributed by atoms with Crippen molar-refractivity contribution >= 4 is 15.7 Å². The predicted octanol–water partition coefficient (Wildman–Crippen LogP) is 3.17. The Morgan fingerprint density at radius 3 is 2.70 bits per heavy atom. The molecule has 3 rings (SSSR count). The molecule has 0 unspecified atom stereocenters. The molecule has 0 aromatic heterocycles. The third-order valence-corrected chi connectivity index (χ3v) is 5.70. The van der Waals surface area contributed by atoms with Crippen LogP contribution in [0.4, 0.5) is 14.5 Å². The molecule has 2 aromatic rings. The lowest BCUT2D eigenvalue weighted by Crippen LogP contribution is -2.15. The topological polar surface area (TPSA) is 76.7 Å². The van der Waals surface area contributed by atoms with E-state index in [2.05, 4.69) is 14.8 Å². The van der Waals surface area contributed by atoms with E-state index in [-0.39, 0.29) is 22.3 Å². The second-order valence-corrected chi connectivity index (χ2v) is 7.79. The molecular weight excluding hydrogens is 378 g/mol. The first-order valence-corrected chi connectivity index (χ1v) is 9.84. The highest BCUT2D eigenvalue weighted by atomic mass is 32.2. The summed E-state index contributed by atoms with van der Waals surface area (Å²) >= 11 is 0. The molecule has 1 fully saturated rings. The molecule has 0 radical (unpaired) electrons. The van der Waals surface area contributed by atoms with E-state index in [0.29, 0.717) is 5.75 Å². The van der Waals surface area contributed by atoms with Gasteiger partial charge in [-0.3, -0.25) is 4.72 Å². The fourth-order valence-electron chi connectivity index (χ4n) is 3.07. The van der Waals surface area contributed by atoms with E-state index < -0.39 is 16.6 Å². The van der Waals surface area contributed by atoms with Gasteiger partial charge in [-0.2, -0.15) is 8.78 Å². The van der Waals surface area contributed by atoms with E-state index in [1.807, 2.05) is 0 Å². The van der Waals surface area contributed by atoms with Gasteiger partial charge in [0.1, 0.15) is 11.5 Å². The molecular formula is C18H20F2N2O4S. The standard InChI is InChI=1S/C18H20F2N2O4S/c1-25-17-6-5-15(10-16(17)12-7-8-21-11-12)27(23,24)22-13-3-2-4-14(9-13)26-18(19)20/h2-6,9-10,12,18,21-22H,7-8,11H2,1H3/t12-/m0/s1. The molecule has 146 valence electrons. The van der Waals surface area contributed by atoms with Crippen molar-refractivity contribution in [3.05, 3.63) is 48.0 Å². The van der Waals surface area contributed by atoms with Crippen LogP contribution in [0.25, 0.3) is 0 Å². The van der Waals surface area contributed by atoms with Crippen molar-refractivity contribution in [3.63, 3.8) is 0 Å². The molecule has 1 saturated heterocycles. The van der Waals surface area contributed by atoms with Gasteiger partial charge in [-0.15, -0.1) is 0 Å². The van der Waals surface area contributed by atoms with Gasteiger partial charge in [0.2, 0.25) is 0 Å². The largest absolute Gasteiger partial charge is 0.496 e. The van der Waals surface area contributed by atoms with Crippen LogP contribution in [0.1, 0.15) is 17.9 Å². The maximum Gasteiger partial charge on any atom is 0.387 e. The Morgan fingerprint density at radius 2 is 2.04 bits per heavy atom. The first-order valence-electron chi connectivity index (χ1n) is 8.35. The summed E-state index contributed by atoms with van der Waals surface area (Å²) in [5.74, 6) is 0.672. The SMILES string of the molecule is COc1ccc(S(=O)(=O)Nc2cccc(OC(F)F)c2)cc1[C@H]1CCNC1. The monoisotopic (exact) mass is 398 g/mol. The van der Waals surface area contributed by atoms with Gasteiger partial charge in [-0.1, -0.05) is 6.07 Å². The first-order chi connectivity index (χ1) is 12.9. The van der Waals surface area contributed by atoms with E-state index in [1.54, 1.807) is 19.2 Å². The predicted molar refractivity (Wildman–Crippen MR) is 97.1 cm³/mol. The number of benzene rings is 2. The number of hydrogen-bond acceptors (Lipinski definition) is 5. The number of ether oxygens (including phenoxy) is 2. The molecule has 2 N–H and O–H groups in total. The number of sulfonamides is 1. The summed E-state index contributed by atoms with van der Waals surface area (Å²) < 4.78 is 62.2. The van der Waals surface area contributed by atoms with E-state index in [1.165, 1.54) is 30.3 Å². The summed E-state index contributed by atoms with van der Waals surface area (Å²) in [7, 11) is -2.36. The maximum absolute atomic E-state index is 12.7. The Labute approximate surface area is 156 Å². The molecule has 27 heavy (non-hydrogen) atoms. The summed E-state index contributed by atoms with van der Waals surface area (Å²) in [6, 6.07) is 10.1. The van der Waals surface area contributed by atoms with Crippen LogP contribution in [0.3, 0.4) is 0 Å². The van der Waals surface area contributed by atoms with Crippen LogP contribution >= 0.6 is 0 Å². The number of methoxy groups -OCH3 is 1. The molecule has 1 heterocycles. The van der Waals surface area contributed by atoms with Crippen LogP contribution < -0.4 is 19.5 Å². The Hall–Kier alpha value is -2.39. The number of rotatable bonds is 7. The van der Waals surface area contributed by atoms with Crippen LogP contribution in [0.15, 0.2) is 47.4 Å². The Balaban J connectivity index is 1.87. The van der Waals surface area contributed by atoms with Crippen molar-refractivity contribution in [2.24, 2.45) is 0 Å². The molecule has 1 atom stereocenters. The van der Waals surface area contributed by atoms with E-state index in [0.717, 1.165) is 25.1 Å². The molecule has 0 saturated carbocycles. The van der Waals surface area contributed by atoms with Crippen molar-refractivity contribution in [1.29, 1.82) is 0 Å². The van der Waals surface area contributed by atoms with Crippen molar-refractivity contribution < 1.29 is 26.7 Å². The second-order valence-electron chi connectivity index (χ2n) is 6.11. The summed E-state index contributed by atoms with van der Waals surface area (Å²) in [6.07, 6.45) is 0.889. The number of halogens is 2. The zero-order valence-electron chi connectivity index (χ0n) is 14.6. The van der Waals surface area contributed by atoms with Crippen molar-refractivity contribution in [2.75, 3.05) is 24.9 Å². The summed E-state index contributed by atoms with van der Waals surface area (Å²) in [4.78, 5) is 0.0744. The highest BCUT2D eigenvalue weighted by Crippen LogP contribution is 2.33. The van der Waals surface area contributed by atoms with E-state index in [4.69, 9.17) is 4.74 Å². The minimum Gasteiger partial charge on any atom is -0.496 e. The molecule has 0 amide bonds. The molecule has 1 aliphatic rings. The first kappa shape index (κ1) is 19.4. The summed E-state index contributed by atoms with van der Waals surface area (Å²) in [5.41, 5.74) is 0.952. The van der Waals surface area contributed by atoms with Crippen molar-refractivity contribution in [2.45, 2.75) is 23.8 Å². The highest BCUT2D eigenvalue weighted by Gasteiger charge is 2.24. The average Bonchev–Trinajstić information content (AvgIpc) is 3.15. The highest BCUT2D eigenvalue weighted by molar-refractivity contribution is 7.92. The third kappa shape index (κ3) is 4.67. The van der Waals surface area contributed by atoms with Gasteiger partial charge in [0.15, 0.2) is 0 Å². The molecule has 0 bridgehead atoms. The fourth-order valence-corrected chi connectivity index (χ4v) is 4.15. The fraction of sp³-hybridized carbons (Fsp3) is 0.333. The lowest BCUT2D eigenvalue weighted by Gasteiger charge is -2.16. The number of nitrogens with one attached hydrogen (secondary N) is 2. The number of anilines is 1. The van der Waals surface area contributed by atoms with Gasteiger partial charge in [0.25, 0.3) is 10.0 Å². The van der Waals surface area contributed by atoms with E-state index in [9.17, 15) is 17.2 Å². The quantitative estimate of drug-likeness (QED) is 0.749. The van der Waals surface area contributed by atoms with Crippen LogP contribution in [0, 0.1) is 0 Å². The van der Waals surface area contributed by atoms with Gasteiger partial charge < -0.3 is 14.8 Å². The van der Waals surface area contributed by atoms with Crippen LogP contribution in [-0.4, -0.2) is 35.2 Å². The van der Waals surface area contributed by atoms with Gasteiger partial charge >= 0.3 is 6.61 Å². The zero-order valence-corrected chi connectivity index (χ0v) is 15.4. The molecule has 1 aliphatic heterocycles. The van der Waals surface area contributed by atoms with Gasteiger partial charge in [0, 0.05) is 18.5 Å². The van der Waals surface area contributed by atoms with Crippen LogP contribution in [0.5, 0.6) is 11.5 Å². The molecule has 6 nitrogen and oxygen atoms in total. The molecule has 0 aliphatic carbocycles. The number of hydrogen-bond donors (Lipinski definition) is 2. The lowest BCUT2D eigenvalue weighted by atomic mass is 9.97. The van der Waals surface area contributed by atoms with Crippen LogP contribution in [0.2, 0.25) is 0 Å². The second kappa shape index (κ2) is 8.10. The summed E-state index contributed by atoms with van der Waals surface area (Å²) in [6.45, 7) is -1.37. The Kier molecular flexibility index (Phi) is 5.81. The number of alkyl halides is 2. The smallest absolute Gasteiger partial charge is 0.387 e. The Bertz CT molecular complexity index is 900. The average molecular weight is 398 g/mol. The maximum atomic E-state index is 12.7. The zero-order chi connectivity index (χ0) is 19.4. The Morgan fingerprint density at radius 1 is 1.22 bits per heavy atom. The molecule has 9 heteroatoms. The van der Waals surface area contributed by atoms with Crippen molar-refractivity contribution in [1.82, 2.24) is 5.32 Å². The molecule has 2 aromatic carbocycles. The lowest BCUT2D eigenvalue weighted by molar-refractivity contribution is -0.0497. The van der Waals surface area contributed by atoms with E-state index >= 15 is 0 Å². The minimum absolute atomic E-state index is 0.0744. The third-order valence-electron chi connectivity index (χ3n) is 4.32. The minimum atomic E-state index is -3.90.